The number of benzene rings is 1. The minimum absolute atomic E-state index is 0.0357. The molecule has 1 aliphatic heterocycles. The number of hydrogen-bond acceptors (Lipinski definition) is 2. The van der Waals surface area contributed by atoms with Crippen molar-refractivity contribution in [3.63, 3.8) is 0 Å². The second-order valence-corrected chi connectivity index (χ2v) is 6.63. The monoisotopic (exact) mass is 322 g/mol. The van der Waals surface area contributed by atoms with E-state index >= 15 is 0 Å². The largest absolute Gasteiger partial charge is 0.341 e. The van der Waals surface area contributed by atoms with E-state index in [9.17, 15) is 9.59 Å². The third-order valence-corrected chi connectivity index (χ3v) is 4.09. The van der Waals surface area contributed by atoms with Gasteiger partial charge in [0.1, 0.15) is 6.04 Å². The van der Waals surface area contributed by atoms with E-state index in [0.29, 0.717) is 22.9 Å². The van der Waals surface area contributed by atoms with Crippen molar-refractivity contribution in [2.24, 2.45) is 5.92 Å². The van der Waals surface area contributed by atoms with Gasteiger partial charge in [-0.15, -0.1) is 0 Å². The summed E-state index contributed by atoms with van der Waals surface area (Å²) in [7, 11) is 0. The van der Waals surface area contributed by atoms with Crippen molar-refractivity contribution in [2.75, 3.05) is 13.1 Å². The lowest BCUT2D eigenvalue weighted by Crippen LogP contribution is -2.48. The average Bonchev–Trinajstić information content (AvgIpc) is 3.00. The minimum Gasteiger partial charge on any atom is -0.341 e. The van der Waals surface area contributed by atoms with Gasteiger partial charge in [-0.2, -0.15) is 0 Å². The van der Waals surface area contributed by atoms with Crippen molar-refractivity contribution >= 4 is 23.4 Å². The van der Waals surface area contributed by atoms with Crippen LogP contribution in [0.1, 0.15) is 43.5 Å². The molecule has 0 aromatic heterocycles. The molecule has 2 rings (SSSR count). The first-order valence-corrected chi connectivity index (χ1v) is 8.20. The number of halogens is 1. The van der Waals surface area contributed by atoms with Gasteiger partial charge in [-0.3, -0.25) is 9.59 Å². The minimum atomic E-state index is -0.457. The summed E-state index contributed by atoms with van der Waals surface area (Å²) in [5, 5.41) is 3.47. The Morgan fingerprint density at radius 3 is 2.32 bits per heavy atom. The molecule has 1 N–H and O–H groups in total. The summed E-state index contributed by atoms with van der Waals surface area (Å²) < 4.78 is 0. The van der Waals surface area contributed by atoms with Gasteiger partial charge in [-0.25, -0.2) is 0 Å². The molecule has 0 bridgehead atoms. The molecule has 1 saturated heterocycles. The fourth-order valence-electron chi connectivity index (χ4n) is 2.69. The van der Waals surface area contributed by atoms with E-state index in [1.807, 2.05) is 4.90 Å². The first kappa shape index (κ1) is 16.8. The number of likely N-dealkylation sites (tertiary alicyclic amines) is 1. The molecule has 0 saturated carbocycles. The van der Waals surface area contributed by atoms with E-state index in [4.69, 9.17) is 11.6 Å². The molecule has 1 aromatic carbocycles. The van der Waals surface area contributed by atoms with Crippen molar-refractivity contribution in [1.29, 1.82) is 0 Å². The molecule has 1 heterocycles. The number of carbonyl (C=O) groups is 2. The lowest BCUT2D eigenvalue weighted by atomic mass is 10.0. The van der Waals surface area contributed by atoms with E-state index < -0.39 is 6.04 Å². The highest BCUT2D eigenvalue weighted by atomic mass is 35.5. The van der Waals surface area contributed by atoms with Crippen LogP contribution in [0, 0.1) is 5.92 Å². The van der Waals surface area contributed by atoms with Crippen LogP contribution in [0.25, 0.3) is 0 Å². The van der Waals surface area contributed by atoms with E-state index in [1.165, 1.54) is 0 Å². The Morgan fingerprint density at radius 2 is 1.77 bits per heavy atom. The molecular weight excluding hydrogens is 300 g/mol. The molecular formula is C17H23ClN2O2. The number of nitrogens with zero attached hydrogens (tertiary/aromatic N) is 1. The summed E-state index contributed by atoms with van der Waals surface area (Å²) >= 11 is 5.83. The van der Waals surface area contributed by atoms with Gasteiger partial charge in [0.15, 0.2) is 0 Å². The van der Waals surface area contributed by atoms with Crippen molar-refractivity contribution in [3.05, 3.63) is 34.9 Å². The quantitative estimate of drug-likeness (QED) is 0.905. The maximum atomic E-state index is 12.6. The smallest absolute Gasteiger partial charge is 0.251 e. The lowest BCUT2D eigenvalue weighted by Gasteiger charge is -2.25. The van der Waals surface area contributed by atoms with Gasteiger partial charge in [0.25, 0.3) is 5.91 Å². The third-order valence-electron chi connectivity index (χ3n) is 3.83. The summed E-state index contributed by atoms with van der Waals surface area (Å²) in [5.41, 5.74) is 0.521. The van der Waals surface area contributed by atoms with Crippen molar-refractivity contribution in [2.45, 2.75) is 39.2 Å². The zero-order chi connectivity index (χ0) is 16.1. The maximum absolute atomic E-state index is 12.6. The highest BCUT2D eigenvalue weighted by molar-refractivity contribution is 6.30. The molecule has 22 heavy (non-hydrogen) atoms. The zero-order valence-corrected chi connectivity index (χ0v) is 13.9. The molecule has 1 atom stereocenters. The van der Waals surface area contributed by atoms with Crippen LogP contribution in [0.3, 0.4) is 0 Å². The Labute approximate surface area is 136 Å². The number of nitrogens with one attached hydrogen (secondary N) is 1. The Hall–Kier alpha value is -1.55. The molecule has 0 spiro atoms. The van der Waals surface area contributed by atoms with E-state index in [1.54, 1.807) is 24.3 Å². The van der Waals surface area contributed by atoms with Gasteiger partial charge < -0.3 is 10.2 Å². The Bertz CT molecular complexity index is 522. The molecule has 1 aliphatic rings. The first-order valence-electron chi connectivity index (χ1n) is 7.82. The van der Waals surface area contributed by atoms with Crippen LogP contribution in [0.4, 0.5) is 0 Å². The zero-order valence-electron chi connectivity index (χ0n) is 13.1. The highest BCUT2D eigenvalue weighted by Crippen LogP contribution is 2.15. The molecule has 0 radical (unpaired) electrons. The van der Waals surface area contributed by atoms with Crippen LogP contribution in [0.2, 0.25) is 5.02 Å². The molecule has 0 aliphatic carbocycles. The van der Waals surface area contributed by atoms with E-state index in [-0.39, 0.29) is 11.8 Å². The van der Waals surface area contributed by atoms with Gasteiger partial charge in [-0.1, -0.05) is 25.4 Å². The molecule has 4 nitrogen and oxygen atoms in total. The highest BCUT2D eigenvalue weighted by Gasteiger charge is 2.28. The van der Waals surface area contributed by atoms with Crippen LogP contribution in [-0.4, -0.2) is 35.8 Å². The van der Waals surface area contributed by atoms with Crippen LogP contribution in [0.5, 0.6) is 0 Å². The van der Waals surface area contributed by atoms with Gasteiger partial charge in [0.2, 0.25) is 5.91 Å². The van der Waals surface area contributed by atoms with Crippen LogP contribution in [0.15, 0.2) is 24.3 Å². The molecule has 5 heteroatoms. The van der Waals surface area contributed by atoms with Crippen molar-refractivity contribution in [3.8, 4) is 0 Å². The van der Waals surface area contributed by atoms with Gasteiger partial charge in [0.05, 0.1) is 0 Å². The SMILES string of the molecule is CC(C)CC(NC(=O)c1ccc(Cl)cc1)C(=O)N1CCCC1. The summed E-state index contributed by atoms with van der Waals surface area (Å²) in [4.78, 5) is 26.8. The summed E-state index contributed by atoms with van der Waals surface area (Å²) in [6, 6.07) is 6.24. The molecule has 1 fully saturated rings. The Morgan fingerprint density at radius 1 is 1.18 bits per heavy atom. The predicted octanol–water partition coefficient (Wildman–Crippen LogP) is 3.11. The van der Waals surface area contributed by atoms with E-state index in [0.717, 1.165) is 25.9 Å². The predicted molar refractivity (Wildman–Crippen MR) is 88.0 cm³/mol. The molecule has 1 aromatic rings. The number of amides is 2. The van der Waals surface area contributed by atoms with Crippen LogP contribution >= 0.6 is 11.6 Å². The van der Waals surface area contributed by atoms with Crippen LogP contribution < -0.4 is 5.32 Å². The molecule has 1 unspecified atom stereocenters. The van der Waals surface area contributed by atoms with Gasteiger partial charge >= 0.3 is 0 Å². The third kappa shape index (κ3) is 4.47. The van der Waals surface area contributed by atoms with Crippen molar-refractivity contribution < 1.29 is 9.59 Å². The summed E-state index contributed by atoms with van der Waals surface area (Å²) in [5.74, 6) is 0.144. The maximum Gasteiger partial charge on any atom is 0.251 e. The number of hydrogen-bond donors (Lipinski definition) is 1. The van der Waals surface area contributed by atoms with Crippen molar-refractivity contribution in [1.82, 2.24) is 10.2 Å². The van der Waals surface area contributed by atoms with E-state index in [2.05, 4.69) is 19.2 Å². The second-order valence-electron chi connectivity index (χ2n) is 6.19. The molecule has 120 valence electrons. The first-order chi connectivity index (χ1) is 10.5. The second kappa shape index (κ2) is 7.63. The Balaban J connectivity index is 2.06. The lowest BCUT2D eigenvalue weighted by molar-refractivity contribution is -0.132. The van der Waals surface area contributed by atoms with Gasteiger partial charge in [-0.05, 0) is 49.4 Å². The molecule has 2 amide bonds. The standard InChI is InChI=1S/C17H23ClN2O2/c1-12(2)11-15(17(22)20-9-3-4-10-20)19-16(21)13-5-7-14(18)8-6-13/h5-8,12,15H,3-4,9-11H2,1-2H3,(H,19,21). The summed E-state index contributed by atoms with van der Waals surface area (Å²) in [6.45, 7) is 5.70. The topological polar surface area (TPSA) is 49.4 Å². The Kier molecular flexibility index (Phi) is 5.83. The fourth-order valence-corrected chi connectivity index (χ4v) is 2.82. The van der Waals surface area contributed by atoms with Crippen LogP contribution in [-0.2, 0) is 4.79 Å². The average molecular weight is 323 g/mol. The number of carbonyl (C=O) groups excluding carboxylic acids is 2. The summed E-state index contributed by atoms with van der Waals surface area (Å²) in [6.07, 6.45) is 2.74. The normalized spacial score (nSPS) is 15.9. The van der Waals surface area contributed by atoms with Gasteiger partial charge in [0, 0.05) is 23.7 Å². The fraction of sp³-hybridized carbons (Fsp3) is 0.529. The number of rotatable bonds is 5.